The molecule has 1 aromatic heterocycles. The third-order valence-electron chi connectivity index (χ3n) is 5.81. The first kappa shape index (κ1) is 27.5. The molecule has 10 nitrogen and oxygen atoms in total. The third kappa shape index (κ3) is 6.99. The Hall–Kier alpha value is -3.09. The highest BCUT2D eigenvalue weighted by atomic mass is 79.9. The lowest BCUT2D eigenvalue weighted by atomic mass is 10.1. The normalized spacial score (nSPS) is 12.2. The summed E-state index contributed by atoms with van der Waals surface area (Å²) < 4.78 is 34.8. The number of hydrogen-bond donors (Lipinski definition) is 1. The molecule has 0 fully saturated rings. The SMILES string of the molecule is CCN(CCC(C)N(C)C(=O)n1cnc(-c2cccc(OS(N)(=O)=O)c2)c1)c1ccc(Br)c(OC)c1. The van der Waals surface area contributed by atoms with Crippen LogP contribution in [0.2, 0.25) is 0 Å². The second-order valence-electron chi connectivity index (χ2n) is 8.20. The molecule has 1 unspecified atom stereocenters. The number of halogens is 1. The molecule has 36 heavy (non-hydrogen) atoms. The Morgan fingerprint density at radius 2 is 2.00 bits per heavy atom. The van der Waals surface area contributed by atoms with Crippen molar-refractivity contribution >= 4 is 38.0 Å². The van der Waals surface area contributed by atoms with E-state index in [1.807, 2.05) is 25.1 Å². The van der Waals surface area contributed by atoms with Gasteiger partial charge < -0.3 is 18.7 Å². The molecule has 0 saturated carbocycles. The van der Waals surface area contributed by atoms with Crippen LogP contribution in [0.5, 0.6) is 11.5 Å². The number of rotatable bonds is 10. The number of nitrogens with zero attached hydrogens (tertiary/aromatic N) is 4. The summed E-state index contributed by atoms with van der Waals surface area (Å²) in [5.41, 5.74) is 2.12. The van der Waals surface area contributed by atoms with Crippen molar-refractivity contribution in [1.82, 2.24) is 14.5 Å². The fourth-order valence-electron chi connectivity index (χ4n) is 3.64. The van der Waals surface area contributed by atoms with Gasteiger partial charge in [-0.15, -0.1) is 0 Å². The molecule has 0 aliphatic carbocycles. The zero-order valence-corrected chi connectivity index (χ0v) is 23.0. The van der Waals surface area contributed by atoms with E-state index in [9.17, 15) is 13.2 Å². The smallest absolute Gasteiger partial charge is 0.380 e. The predicted molar refractivity (Wildman–Crippen MR) is 143 cm³/mol. The second kappa shape index (κ2) is 11.8. The highest BCUT2D eigenvalue weighted by molar-refractivity contribution is 9.10. The van der Waals surface area contributed by atoms with E-state index in [4.69, 9.17) is 14.1 Å². The first-order valence-electron chi connectivity index (χ1n) is 11.2. The first-order chi connectivity index (χ1) is 17.0. The molecule has 2 N–H and O–H groups in total. The molecule has 0 radical (unpaired) electrons. The summed E-state index contributed by atoms with van der Waals surface area (Å²) in [6.07, 6.45) is 3.78. The second-order valence-corrected chi connectivity index (χ2v) is 10.2. The standard InChI is InChI=1S/C24H30BrN5O5S/c1-5-29(19-9-10-21(25)23(14-19)34-4)12-11-17(2)28(3)24(31)30-15-22(27-16-30)18-7-6-8-20(13-18)35-36(26,32)33/h6-10,13-17H,5,11-12H2,1-4H3,(H2,26,32,33). The fourth-order valence-corrected chi connectivity index (χ4v) is 4.42. The van der Waals surface area contributed by atoms with Gasteiger partial charge in [-0.05, 0) is 60.5 Å². The zero-order chi connectivity index (χ0) is 26.5. The van der Waals surface area contributed by atoms with Crippen LogP contribution in [0.3, 0.4) is 0 Å². The van der Waals surface area contributed by atoms with E-state index in [-0.39, 0.29) is 17.8 Å². The largest absolute Gasteiger partial charge is 0.495 e. The molecule has 0 aliphatic heterocycles. The van der Waals surface area contributed by atoms with Gasteiger partial charge in [0.2, 0.25) is 0 Å². The molecule has 1 atom stereocenters. The number of amides is 1. The number of methoxy groups -OCH3 is 1. The molecule has 12 heteroatoms. The van der Waals surface area contributed by atoms with Gasteiger partial charge in [0, 0.05) is 49.7 Å². The van der Waals surface area contributed by atoms with Crippen LogP contribution in [0.1, 0.15) is 20.3 Å². The summed E-state index contributed by atoms with van der Waals surface area (Å²) in [5.74, 6) is 0.828. The van der Waals surface area contributed by atoms with E-state index in [2.05, 4.69) is 32.7 Å². The molecular formula is C24H30BrN5O5S. The average Bonchev–Trinajstić information content (AvgIpc) is 3.33. The number of hydrogen-bond acceptors (Lipinski definition) is 7. The molecule has 3 aromatic rings. The average molecular weight is 581 g/mol. The Bertz CT molecular complexity index is 1310. The van der Waals surface area contributed by atoms with Crippen molar-refractivity contribution in [3.63, 3.8) is 0 Å². The van der Waals surface area contributed by atoms with Crippen LogP contribution in [0, 0.1) is 0 Å². The van der Waals surface area contributed by atoms with Gasteiger partial charge in [0.1, 0.15) is 17.8 Å². The van der Waals surface area contributed by atoms with Crippen LogP contribution in [0.15, 0.2) is 59.5 Å². The summed E-state index contributed by atoms with van der Waals surface area (Å²) in [4.78, 5) is 21.3. The van der Waals surface area contributed by atoms with Crippen LogP contribution >= 0.6 is 15.9 Å². The highest BCUT2D eigenvalue weighted by Gasteiger charge is 2.20. The van der Waals surface area contributed by atoms with E-state index >= 15 is 0 Å². The molecule has 3 rings (SSSR count). The van der Waals surface area contributed by atoms with E-state index in [1.165, 1.54) is 23.0 Å². The van der Waals surface area contributed by atoms with E-state index in [1.54, 1.807) is 37.4 Å². The summed E-state index contributed by atoms with van der Waals surface area (Å²) >= 11 is 3.48. The molecule has 1 heterocycles. The minimum atomic E-state index is -4.14. The summed E-state index contributed by atoms with van der Waals surface area (Å²) in [6.45, 7) is 5.66. The quantitative estimate of drug-likeness (QED) is 0.383. The van der Waals surface area contributed by atoms with E-state index in [0.29, 0.717) is 11.3 Å². The van der Waals surface area contributed by atoms with Crippen molar-refractivity contribution in [2.75, 3.05) is 32.1 Å². The van der Waals surface area contributed by atoms with Crippen molar-refractivity contribution < 1.29 is 22.1 Å². The van der Waals surface area contributed by atoms with Crippen molar-refractivity contribution in [3.05, 3.63) is 59.5 Å². The number of ether oxygens (including phenoxy) is 1. The van der Waals surface area contributed by atoms with Crippen LogP contribution in [0.25, 0.3) is 11.3 Å². The van der Waals surface area contributed by atoms with Crippen LogP contribution in [-0.4, -0.2) is 62.2 Å². The van der Waals surface area contributed by atoms with Gasteiger partial charge >= 0.3 is 16.3 Å². The summed E-state index contributed by atoms with van der Waals surface area (Å²) in [7, 11) is -0.746. The van der Waals surface area contributed by atoms with Gasteiger partial charge in [-0.1, -0.05) is 12.1 Å². The molecule has 0 saturated heterocycles. The Morgan fingerprint density at radius 1 is 1.25 bits per heavy atom. The summed E-state index contributed by atoms with van der Waals surface area (Å²) in [5, 5.41) is 4.94. The fraction of sp³-hybridized carbons (Fsp3) is 0.333. The lowest BCUT2D eigenvalue weighted by Gasteiger charge is -2.29. The van der Waals surface area contributed by atoms with Crippen LogP contribution in [-0.2, 0) is 10.3 Å². The molecule has 2 aromatic carbocycles. The van der Waals surface area contributed by atoms with Gasteiger partial charge in [-0.25, -0.2) is 9.78 Å². The Balaban J connectivity index is 1.65. The summed E-state index contributed by atoms with van der Waals surface area (Å²) in [6, 6.07) is 12.0. The van der Waals surface area contributed by atoms with Gasteiger partial charge in [0.25, 0.3) is 0 Å². The molecule has 0 bridgehead atoms. The number of imidazole rings is 1. The minimum absolute atomic E-state index is 0.0405. The maximum absolute atomic E-state index is 13.1. The Morgan fingerprint density at radius 3 is 2.67 bits per heavy atom. The third-order valence-corrected chi connectivity index (χ3v) is 6.89. The van der Waals surface area contributed by atoms with Crippen molar-refractivity contribution in [2.24, 2.45) is 5.14 Å². The Kier molecular flexibility index (Phi) is 8.98. The van der Waals surface area contributed by atoms with E-state index < -0.39 is 10.3 Å². The number of anilines is 1. The first-order valence-corrected chi connectivity index (χ1v) is 13.5. The van der Waals surface area contributed by atoms with Crippen LogP contribution in [0.4, 0.5) is 10.5 Å². The lowest BCUT2D eigenvalue weighted by molar-refractivity contribution is 0.193. The maximum Gasteiger partial charge on any atom is 0.380 e. The van der Waals surface area contributed by atoms with Gasteiger partial charge in [0.15, 0.2) is 0 Å². The number of aromatic nitrogens is 2. The number of carbonyl (C=O) groups is 1. The number of carbonyl (C=O) groups excluding carboxylic acids is 1. The van der Waals surface area contributed by atoms with E-state index in [0.717, 1.165) is 35.4 Å². The zero-order valence-electron chi connectivity index (χ0n) is 20.6. The minimum Gasteiger partial charge on any atom is -0.495 e. The monoisotopic (exact) mass is 579 g/mol. The molecule has 1 amide bonds. The predicted octanol–water partition coefficient (Wildman–Crippen LogP) is 4.11. The van der Waals surface area contributed by atoms with Crippen LogP contribution < -0.4 is 19.0 Å². The molecular weight excluding hydrogens is 550 g/mol. The van der Waals surface area contributed by atoms with Crippen molar-refractivity contribution in [3.8, 4) is 22.8 Å². The van der Waals surface area contributed by atoms with Crippen molar-refractivity contribution in [2.45, 2.75) is 26.3 Å². The molecule has 0 spiro atoms. The number of benzene rings is 2. The molecule has 194 valence electrons. The lowest BCUT2D eigenvalue weighted by Crippen LogP contribution is -2.39. The van der Waals surface area contributed by atoms with Gasteiger partial charge in [-0.2, -0.15) is 13.6 Å². The Labute approximate surface area is 220 Å². The molecule has 0 aliphatic rings. The maximum atomic E-state index is 13.1. The highest BCUT2D eigenvalue weighted by Crippen LogP contribution is 2.30. The van der Waals surface area contributed by atoms with Gasteiger partial charge in [0.05, 0.1) is 17.3 Å². The topological polar surface area (TPSA) is 120 Å². The van der Waals surface area contributed by atoms with Crippen molar-refractivity contribution in [1.29, 1.82) is 0 Å². The number of nitrogens with two attached hydrogens (primary N) is 1. The van der Waals surface area contributed by atoms with Gasteiger partial charge in [-0.3, -0.25) is 4.57 Å².